The minimum absolute atomic E-state index is 0.142. The Morgan fingerprint density at radius 1 is 1.42 bits per heavy atom. The summed E-state index contributed by atoms with van der Waals surface area (Å²) in [5, 5.41) is 8.92. The zero-order valence-electron chi connectivity index (χ0n) is 6.78. The van der Waals surface area contributed by atoms with Crippen LogP contribution in [0.25, 0.3) is 0 Å². The Morgan fingerprint density at radius 3 is 2.50 bits per heavy atom. The molecule has 0 radical (unpaired) electrons. The van der Waals surface area contributed by atoms with Gasteiger partial charge in [0.1, 0.15) is 5.75 Å². The van der Waals surface area contributed by atoms with Crippen LogP contribution in [0.2, 0.25) is 0 Å². The average molecular weight is 172 g/mol. The summed E-state index contributed by atoms with van der Waals surface area (Å²) < 4.78 is 4.75. The highest BCUT2D eigenvalue weighted by Crippen LogP contribution is 2.10. The molecule has 3 nitrogen and oxygen atoms in total. The van der Waals surface area contributed by atoms with Crippen LogP contribution in [0, 0.1) is 0 Å². The molecular formula is C9H10O3. The molecule has 0 aliphatic heterocycles. The van der Waals surface area contributed by atoms with Crippen molar-refractivity contribution in [2.45, 2.75) is 6.92 Å². The van der Waals surface area contributed by atoms with Gasteiger partial charge in [-0.15, -0.1) is 0 Å². The van der Waals surface area contributed by atoms with Gasteiger partial charge in [0.05, 0.1) is 12.2 Å². The van der Waals surface area contributed by atoms with Gasteiger partial charge in [-0.2, -0.15) is 0 Å². The molecule has 3 heteroatoms. The van der Waals surface area contributed by atoms with Crippen molar-refractivity contribution in [3.63, 3.8) is 0 Å². The third-order valence-electron chi connectivity index (χ3n) is 1.38. The van der Waals surface area contributed by atoms with Gasteiger partial charge in [-0.3, -0.25) is 0 Å². The average Bonchev–Trinajstić information content (AvgIpc) is 2.06. The number of aromatic hydroxyl groups is 1. The first kappa shape index (κ1) is 8.59. The molecule has 0 atom stereocenters. The van der Waals surface area contributed by atoms with Gasteiger partial charge >= 0.3 is 5.97 Å². The van der Waals surface area contributed by atoms with Crippen LogP contribution in [0.1, 0.15) is 17.3 Å². The number of phenols is 1. The molecule has 0 aliphatic rings. The maximum atomic E-state index is 11.1. The number of ether oxygens (including phenoxy) is 1. The Morgan fingerprint density at radius 2 is 2.00 bits per heavy atom. The molecule has 0 bridgehead atoms. The molecule has 0 fully saturated rings. The molecule has 12 heavy (non-hydrogen) atoms. The van der Waals surface area contributed by atoms with E-state index in [1.807, 2.05) is 0 Å². The van der Waals surface area contributed by atoms with E-state index in [9.17, 15) is 4.79 Å². The van der Waals surface area contributed by atoms with Gasteiger partial charge in [0.2, 0.25) is 0 Å². The maximum absolute atomic E-state index is 11.1. The lowest BCUT2D eigenvalue weighted by Crippen LogP contribution is -2.03. The smallest absolute Gasteiger partial charge is 0.338 e. The number of benzene rings is 1. The quantitative estimate of drug-likeness (QED) is 0.544. The van der Waals surface area contributed by atoms with E-state index in [1.165, 1.54) is 24.3 Å². The maximum Gasteiger partial charge on any atom is 0.338 e. The lowest BCUT2D eigenvalue weighted by molar-refractivity contribution is 0.0526. The van der Waals surface area contributed by atoms with Crippen molar-refractivity contribution in [3.05, 3.63) is 29.8 Å². The molecular weight excluding hydrogens is 162 g/mol. The van der Waals surface area contributed by atoms with E-state index in [-0.39, 0.29) is 11.7 Å². The minimum Gasteiger partial charge on any atom is -0.508 e. The Labute approximate surface area is 70.6 Å². The molecule has 1 aromatic rings. The number of phenolic OH excluding ortho intramolecular Hbond substituents is 1. The van der Waals surface area contributed by atoms with Crippen molar-refractivity contribution in [1.82, 2.24) is 0 Å². The molecule has 0 spiro atoms. The van der Waals surface area contributed by atoms with Gasteiger partial charge in [0.25, 0.3) is 0 Å². The lowest BCUT2D eigenvalue weighted by Gasteiger charge is -2.00. The van der Waals surface area contributed by atoms with Gasteiger partial charge < -0.3 is 9.84 Å². The van der Waals surface area contributed by atoms with Gasteiger partial charge in [0, 0.05) is 0 Å². The third kappa shape index (κ3) is 1.99. The van der Waals surface area contributed by atoms with Crippen LogP contribution in [0.3, 0.4) is 0 Å². The highest BCUT2D eigenvalue weighted by Gasteiger charge is 2.04. The predicted octanol–water partition coefficient (Wildman–Crippen LogP) is 1.57. The molecule has 1 aromatic carbocycles. The van der Waals surface area contributed by atoms with Crippen LogP contribution < -0.4 is 0 Å². The van der Waals surface area contributed by atoms with Crippen LogP contribution in [-0.4, -0.2) is 17.7 Å². The van der Waals surface area contributed by atoms with Gasteiger partial charge in [0.15, 0.2) is 0 Å². The molecule has 1 N–H and O–H groups in total. The van der Waals surface area contributed by atoms with E-state index in [0.29, 0.717) is 12.2 Å². The molecule has 0 saturated heterocycles. The van der Waals surface area contributed by atoms with Crippen molar-refractivity contribution in [2.24, 2.45) is 0 Å². The van der Waals surface area contributed by atoms with Crippen molar-refractivity contribution >= 4 is 5.97 Å². The number of carbonyl (C=O) groups excluding carboxylic acids is 1. The Bertz CT molecular complexity index is 264. The summed E-state index contributed by atoms with van der Waals surface area (Å²) in [4.78, 5) is 11.1. The first-order valence-corrected chi connectivity index (χ1v) is 3.70. The number of hydrogen-bond acceptors (Lipinski definition) is 3. The zero-order valence-corrected chi connectivity index (χ0v) is 6.78. The molecule has 0 aromatic heterocycles. The summed E-state index contributed by atoms with van der Waals surface area (Å²) >= 11 is 0. The standard InChI is InChI=1S/C9H10O3/c1-2-12-9(11)7-3-5-8(10)6-4-7/h3-6,10H,2H2,1H3/i3+1,5+1,6+1,7+1,8+1,9+1. The first-order chi connectivity index (χ1) is 5.74. The fourth-order valence-corrected chi connectivity index (χ4v) is 0.812. The summed E-state index contributed by atoms with van der Waals surface area (Å²) in [6.45, 7) is 2.11. The first-order valence-electron chi connectivity index (χ1n) is 3.70. The topological polar surface area (TPSA) is 46.5 Å². The second-order valence-corrected chi connectivity index (χ2v) is 2.27. The molecule has 0 saturated carbocycles. The fraction of sp³-hybridized carbons (Fsp3) is 0.222. The molecule has 0 amide bonds. The highest BCUT2D eigenvalue weighted by atomic mass is 16.6. The third-order valence-corrected chi connectivity index (χ3v) is 1.38. The van der Waals surface area contributed by atoms with Crippen molar-refractivity contribution in [3.8, 4) is 5.75 Å². The van der Waals surface area contributed by atoms with Gasteiger partial charge in [-0.05, 0) is 31.2 Å². The molecule has 64 valence electrons. The SMILES string of the molecule is CCO[13C](=O)[13c]1c[13cH][13c](O)[13cH][13cH]1. The Kier molecular flexibility index (Phi) is 2.69. The van der Waals surface area contributed by atoms with Gasteiger partial charge in [-0.1, -0.05) is 0 Å². The van der Waals surface area contributed by atoms with Crippen LogP contribution in [0.4, 0.5) is 0 Å². The molecule has 0 aliphatic carbocycles. The van der Waals surface area contributed by atoms with Crippen LogP contribution in [0.5, 0.6) is 5.75 Å². The molecule has 1 rings (SSSR count). The number of esters is 1. The van der Waals surface area contributed by atoms with E-state index in [4.69, 9.17) is 9.84 Å². The van der Waals surface area contributed by atoms with Crippen molar-refractivity contribution < 1.29 is 14.6 Å². The second kappa shape index (κ2) is 3.76. The fourth-order valence-electron chi connectivity index (χ4n) is 0.812. The number of hydrogen-bond donors (Lipinski definition) is 1. The van der Waals surface area contributed by atoms with Crippen LogP contribution in [0.15, 0.2) is 24.3 Å². The summed E-state index contributed by atoms with van der Waals surface area (Å²) in [6.07, 6.45) is 0. The summed E-state index contributed by atoms with van der Waals surface area (Å²) in [5.74, 6) is -0.222. The predicted molar refractivity (Wildman–Crippen MR) is 44.1 cm³/mol. The summed E-state index contributed by atoms with van der Waals surface area (Å²) in [6, 6.07) is 5.94. The second-order valence-electron chi connectivity index (χ2n) is 2.27. The van der Waals surface area contributed by atoms with E-state index in [2.05, 4.69) is 0 Å². The van der Waals surface area contributed by atoms with Crippen molar-refractivity contribution in [1.29, 1.82) is 0 Å². The van der Waals surface area contributed by atoms with Crippen LogP contribution >= 0.6 is 0 Å². The van der Waals surface area contributed by atoms with E-state index in [0.717, 1.165) is 0 Å². The monoisotopic (exact) mass is 172 g/mol. The molecule has 0 heterocycles. The van der Waals surface area contributed by atoms with Crippen LogP contribution in [-0.2, 0) is 4.74 Å². The van der Waals surface area contributed by atoms with E-state index < -0.39 is 0 Å². The number of rotatable bonds is 2. The van der Waals surface area contributed by atoms with E-state index in [1.54, 1.807) is 6.92 Å². The normalized spacial score (nSPS) is 9.42. The minimum atomic E-state index is -0.363. The van der Waals surface area contributed by atoms with Gasteiger partial charge in [-0.25, -0.2) is 4.79 Å². The summed E-state index contributed by atoms with van der Waals surface area (Å²) in [7, 11) is 0. The van der Waals surface area contributed by atoms with Crippen molar-refractivity contribution in [2.75, 3.05) is 6.61 Å². The summed E-state index contributed by atoms with van der Waals surface area (Å²) in [5.41, 5.74) is 0.453. The Hall–Kier alpha value is -1.51. The highest BCUT2D eigenvalue weighted by molar-refractivity contribution is 5.89. The Balaban J connectivity index is 2.75. The van der Waals surface area contributed by atoms with E-state index >= 15 is 0 Å². The zero-order chi connectivity index (χ0) is 8.97. The largest absolute Gasteiger partial charge is 0.508 e. The lowest BCUT2D eigenvalue weighted by atomic mass is 10.9. The molecule has 0 unspecified atom stereocenters. The number of carbonyl (C=O) groups is 1.